The first-order chi connectivity index (χ1) is 10.6. The van der Waals surface area contributed by atoms with Gasteiger partial charge in [0.25, 0.3) is 0 Å². The summed E-state index contributed by atoms with van der Waals surface area (Å²) in [6.45, 7) is 4.30. The normalized spacial score (nSPS) is 28.5. The van der Waals surface area contributed by atoms with Crippen LogP contribution in [0.3, 0.4) is 0 Å². The van der Waals surface area contributed by atoms with Crippen molar-refractivity contribution >= 4 is 18.3 Å². The van der Waals surface area contributed by atoms with Crippen LogP contribution in [0.4, 0.5) is 0 Å². The molecular formula is C19H29ClN2O. The first-order valence-corrected chi connectivity index (χ1v) is 8.72. The lowest BCUT2D eigenvalue weighted by Crippen LogP contribution is -2.41. The highest BCUT2D eigenvalue weighted by atomic mass is 35.5. The van der Waals surface area contributed by atoms with E-state index in [0.717, 1.165) is 0 Å². The van der Waals surface area contributed by atoms with Gasteiger partial charge in [0.05, 0.1) is 0 Å². The predicted molar refractivity (Wildman–Crippen MR) is 97.0 cm³/mol. The van der Waals surface area contributed by atoms with E-state index in [-0.39, 0.29) is 24.4 Å². The Labute approximate surface area is 146 Å². The molecule has 0 spiro atoms. The molecule has 1 amide bonds. The molecule has 2 aliphatic heterocycles. The molecule has 2 fully saturated rings. The van der Waals surface area contributed by atoms with E-state index in [4.69, 9.17) is 0 Å². The zero-order valence-corrected chi connectivity index (χ0v) is 14.9. The average molecular weight is 337 g/mol. The molecular weight excluding hydrogens is 308 g/mol. The number of nitrogens with one attached hydrogen (secondary N) is 2. The fourth-order valence-corrected chi connectivity index (χ4v) is 4.09. The highest BCUT2D eigenvalue weighted by molar-refractivity contribution is 5.85. The van der Waals surface area contributed by atoms with Gasteiger partial charge in [-0.05, 0) is 44.1 Å². The molecule has 3 nitrogen and oxygen atoms in total. The fraction of sp³-hybridized carbons (Fsp3) is 0.632. The van der Waals surface area contributed by atoms with Crippen LogP contribution in [0.15, 0.2) is 30.3 Å². The standard InChI is InChI=1S/C19H28N2O.ClH/c1-13(16-6-4-3-5-7-16)14(2)20-19(22)12-15-10-17-8-9-18(11-15)21-17;/h3-7,13-15,17-18,21H,8-12H2,1-2H3,(H,20,22);1H. The van der Waals surface area contributed by atoms with E-state index in [1.54, 1.807) is 0 Å². The molecule has 4 atom stereocenters. The number of rotatable bonds is 5. The molecule has 0 aromatic heterocycles. The van der Waals surface area contributed by atoms with Crippen LogP contribution in [-0.2, 0) is 4.79 Å². The van der Waals surface area contributed by atoms with E-state index in [2.05, 4.69) is 48.7 Å². The summed E-state index contributed by atoms with van der Waals surface area (Å²) in [5, 5.41) is 6.86. The number of amides is 1. The molecule has 2 N–H and O–H groups in total. The monoisotopic (exact) mass is 336 g/mol. The topological polar surface area (TPSA) is 41.1 Å². The number of carbonyl (C=O) groups excluding carboxylic acids is 1. The summed E-state index contributed by atoms with van der Waals surface area (Å²) in [5.74, 6) is 1.13. The molecule has 0 radical (unpaired) electrons. The van der Waals surface area contributed by atoms with Crippen LogP contribution in [0, 0.1) is 5.92 Å². The Balaban J connectivity index is 0.00000192. The smallest absolute Gasteiger partial charge is 0.220 e. The Kier molecular flexibility index (Phi) is 6.49. The van der Waals surface area contributed by atoms with Crippen molar-refractivity contribution in [3.8, 4) is 0 Å². The van der Waals surface area contributed by atoms with Crippen LogP contribution in [0.5, 0.6) is 0 Å². The van der Waals surface area contributed by atoms with Gasteiger partial charge in [-0.1, -0.05) is 37.3 Å². The van der Waals surface area contributed by atoms with Gasteiger partial charge in [-0.15, -0.1) is 12.4 Å². The number of carbonyl (C=O) groups is 1. The summed E-state index contributed by atoms with van der Waals surface area (Å²) < 4.78 is 0. The van der Waals surface area contributed by atoms with E-state index >= 15 is 0 Å². The second-order valence-electron chi connectivity index (χ2n) is 7.23. The van der Waals surface area contributed by atoms with E-state index < -0.39 is 0 Å². The maximum atomic E-state index is 12.4. The molecule has 2 heterocycles. The molecule has 4 unspecified atom stereocenters. The summed E-state index contributed by atoms with van der Waals surface area (Å²) in [6, 6.07) is 11.9. The Morgan fingerprint density at radius 1 is 1.17 bits per heavy atom. The minimum absolute atomic E-state index is 0. The second kappa shape index (κ2) is 8.16. The molecule has 1 aromatic carbocycles. The number of piperidine rings is 1. The number of benzene rings is 1. The minimum atomic E-state index is 0. The number of hydrogen-bond acceptors (Lipinski definition) is 2. The number of fused-ring (bicyclic) bond motifs is 2. The van der Waals surface area contributed by atoms with Gasteiger partial charge in [-0.2, -0.15) is 0 Å². The predicted octanol–water partition coefficient (Wildman–Crippen LogP) is 3.64. The molecule has 2 aliphatic rings. The molecule has 1 aromatic rings. The van der Waals surface area contributed by atoms with Crippen LogP contribution in [-0.4, -0.2) is 24.0 Å². The van der Waals surface area contributed by atoms with Crippen LogP contribution in [0.1, 0.15) is 57.4 Å². The van der Waals surface area contributed by atoms with Gasteiger partial charge in [-0.25, -0.2) is 0 Å². The lowest BCUT2D eigenvalue weighted by molar-refractivity contribution is -0.123. The van der Waals surface area contributed by atoms with Gasteiger partial charge in [0.2, 0.25) is 5.91 Å². The van der Waals surface area contributed by atoms with Crippen molar-refractivity contribution in [3.63, 3.8) is 0 Å². The molecule has 4 heteroatoms. The lowest BCUT2D eigenvalue weighted by Gasteiger charge is -2.29. The van der Waals surface area contributed by atoms with Gasteiger partial charge in [-0.3, -0.25) is 4.79 Å². The zero-order valence-electron chi connectivity index (χ0n) is 14.1. The van der Waals surface area contributed by atoms with E-state index in [1.165, 1.54) is 31.2 Å². The Hall–Kier alpha value is -1.06. The third-order valence-electron chi connectivity index (χ3n) is 5.51. The van der Waals surface area contributed by atoms with Crippen LogP contribution >= 0.6 is 12.4 Å². The third kappa shape index (κ3) is 4.71. The van der Waals surface area contributed by atoms with Crippen molar-refractivity contribution in [1.82, 2.24) is 10.6 Å². The molecule has 0 saturated carbocycles. The molecule has 2 saturated heterocycles. The largest absolute Gasteiger partial charge is 0.353 e. The van der Waals surface area contributed by atoms with Crippen molar-refractivity contribution in [2.45, 2.75) is 70.0 Å². The first-order valence-electron chi connectivity index (χ1n) is 8.72. The molecule has 0 aliphatic carbocycles. The van der Waals surface area contributed by atoms with Crippen molar-refractivity contribution in [3.05, 3.63) is 35.9 Å². The number of halogens is 1. The van der Waals surface area contributed by atoms with Crippen molar-refractivity contribution in [1.29, 1.82) is 0 Å². The van der Waals surface area contributed by atoms with E-state index in [0.29, 0.717) is 30.3 Å². The highest BCUT2D eigenvalue weighted by Crippen LogP contribution is 2.32. The third-order valence-corrected chi connectivity index (χ3v) is 5.51. The second-order valence-corrected chi connectivity index (χ2v) is 7.23. The molecule has 3 rings (SSSR count). The van der Waals surface area contributed by atoms with Crippen molar-refractivity contribution < 1.29 is 4.79 Å². The Morgan fingerprint density at radius 3 is 2.39 bits per heavy atom. The summed E-state index contributed by atoms with van der Waals surface area (Å²) >= 11 is 0. The van der Waals surface area contributed by atoms with Crippen LogP contribution < -0.4 is 10.6 Å². The fourth-order valence-electron chi connectivity index (χ4n) is 4.09. The minimum Gasteiger partial charge on any atom is -0.353 e. The van der Waals surface area contributed by atoms with Gasteiger partial charge < -0.3 is 10.6 Å². The maximum Gasteiger partial charge on any atom is 0.220 e. The van der Waals surface area contributed by atoms with E-state index in [1.807, 2.05) is 6.07 Å². The Morgan fingerprint density at radius 2 is 1.78 bits per heavy atom. The summed E-state index contributed by atoms with van der Waals surface area (Å²) in [4.78, 5) is 12.4. The lowest BCUT2D eigenvalue weighted by atomic mass is 9.89. The van der Waals surface area contributed by atoms with Crippen LogP contribution in [0.2, 0.25) is 0 Å². The van der Waals surface area contributed by atoms with Gasteiger partial charge in [0.15, 0.2) is 0 Å². The first kappa shape index (κ1) is 18.3. The summed E-state index contributed by atoms with van der Waals surface area (Å²) in [6.07, 6.45) is 5.63. The van der Waals surface area contributed by atoms with Crippen molar-refractivity contribution in [2.75, 3.05) is 0 Å². The molecule has 2 bridgehead atoms. The van der Waals surface area contributed by atoms with Crippen LogP contribution in [0.25, 0.3) is 0 Å². The highest BCUT2D eigenvalue weighted by Gasteiger charge is 2.34. The SMILES string of the molecule is CC(NC(=O)CC1CC2CCC(C1)N2)C(C)c1ccccc1.Cl. The Bertz CT molecular complexity index is 495. The molecule has 128 valence electrons. The van der Waals surface area contributed by atoms with Gasteiger partial charge in [0, 0.05) is 30.5 Å². The maximum absolute atomic E-state index is 12.4. The number of hydrogen-bond donors (Lipinski definition) is 2. The molecule has 23 heavy (non-hydrogen) atoms. The quantitative estimate of drug-likeness (QED) is 0.862. The van der Waals surface area contributed by atoms with E-state index in [9.17, 15) is 4.79 Å². The average Bonchev–Trinajstić information content (AvgIpc) is 2.86. The van der Waals surface area contributed by atoms with Gasteiger partial charge >= 0.3 is 0 Å². The summed E-state index contributed by atoms with van der Waals surface area (Å²) in [5.41, 5.74) is 1.29. The van der Waals surface area contributed by atoms with Crippen molar-refractivity contribution in [2.24, 2.45) is 5.92 Å². The zero-order chi connectivity index (χ0) is 15.5. The van der Waals surface area contributed by atoms with Gasteiger partial charge in [0.1, 0.15) is 0 Å². The summed E-state index contributed by atoms with van der Waals surface area (Å²) in [7, 11) is 0.